The summed E-state index contributed by atoms with van der Waals surface area (Å²) in [6.45, 7) is 1.74. The van der Waals surface area contributed by atoms with Crippen molar-refractivity contribution in [2.24, 2.45) is 5.92 Å². The highest BCUT2D eigenvalue weighted by Gasteiger charge is 2.32. The van der Waals surface area contributed by atoms with Crippen LogP contribution < -0.4 is 10.6 Å². The van der Waals surface area contributed by atoms with Crippen molar-refractivity contribution in [2.45, 2.75) is 18.9 Å². The second-order valence-electron chi connectivity index (χ2n) is 5.57. The Morgan fingerprint density at radius 2 is 1.90 bits per heavy atom. The standard InChI is InChI=1S/C13H22N4O3/c1-16(2)12(19)9-3-5-17(6-4-9)13(20)10-7-15-11(18)8-14-10/h9-10,14H,3-8H2,1-2H3,(H,15,18). The first kappa shape index (κ1) is 14.8. The van der Waals surface area contributed by atoms with Crippen LogP contribution >= 0.6 is 0 Å². The van der Waals surface area contributed by atoms with Gasteiger partial charge in [-0.1, -0.05) is 0 Å². The molecule has 0 saturated carbocycles. The van der Waals surface area contributed by atoms with Gasteiger partial charge in [-0.05, 0) is 12.8 Å². The maximum absolute atomic E-state index is 12.3. The Bertz CT molecular complexity index is 392. The van der Waals surface area contributed by atoms with Crippen molar-refractivity contribution < 1.29 is 14.4 Å². The number of nitrogens with one attached hydrogen (secondary N) is 2. The van der Waals surface area contributed by atoms with Crippen molar-refractivity contribution in [3.63, 3.8) is 0 Å². The first-order chi connectivity index (χ1) is 9.49. The van der Waals surface area contributed by atoms with Crippen molar-refractivity contribution in [1.29, 1.82) is 0 Å². The molecule has 0 spiro atoms. The highest BCUT2D eigenvalue weighted by molar-refractivity contribution is 5.87. The number of hydrogen-bond donors (Lipinski definition) is 2. The summed E-state index contributed by atoms with van der Waals surface area (Å²) in [5.41, 5.74) is 0. The van der Waals surface area contributed by atoms with Gasteiger partial charge in [-0.15, -0.1) is 0 Å². The molecule has 7 heteroatoms. The lowest BCUT2D eigenvalue weighted by atomic mass is 9.95. The fourth-order valence-corrected chi connectivity index (χ4v) is 2.67. The predicted molar refractivity (Wildman–Crippen MR) is 72.8 cm³/mol. The summed E-state index contributed by atoms with van der Waals surface area (Å²) < 4.78 is 0. The predicted octanol–water partition coefficient (Wildman–Crippen LogP) is -1.60. The average Bonchev–Trinajstić information content (AvgIpc) is 2.46. The molecule has 7 nitrogen and oxygen atoms in total. The van der Waals surface area contributed by atoms with Gasteiger partial charge in [-0.25, -0.2) is 0 Å². The van der Waals surface area contributed by atoms with Crippen molar-refractivity contribution in [2.75, 3.05) is 40.3 Å². The number of rotatable bonds is 2. The van der Waals surface area contributed by atoms with E-state index >= 15 is 0 Å². The molecule has 0 aromatic heterocycles. The molecule has 112 valence electrons. The van der Waals surface area contributed by atoms with Gasteiger partial charge < -0.3 is 15.1 Å². The fraction of sp³-hybridized carbons (Fsp3) is 0.769. The van der Waals surface area contributed by atoms with E-state index in [1.807, 2.05) is 0 Å². The summed E-state index contributed by atoms with van der Waals surface area (Å²) >= 11 is 0. The van der Waals surface area contributed by atoms with Gasteiger partial charge in [0.2, 0.25) is 17.7 Å². The lowest BCUT2D eigenvalue weighted by Crippen LogP contribution is -2.59. The van der Waals surface area contributed by atoms with Crippen molar-refractivity contribution in [1.82, 2.24) is 20.4 Å². The summed E-state index contributed by atoms with van der Waals surface area (Å²) in [4.78, 5) is 38.6. The van der Waals surface area contributed by atoms with Gasteiger partial charge in [0.15, 0.2) is 0 Å². The largest absolute Gasteiger partial charge is 0.353 e. The van der Waals surface area contributed by atoms with E-state index in [9.17, 15) is 14.4 Å². The molecule has 0 aromatic carbocycles. The van der Waals surface area contributed by atoms with Crippen LogP contribution in [-0.2, 0) is 14.4 Å². The van der Waals surface area contributed by atoms with Gasteiger partial charge in [0, 0.05) is 39.6 Å². The van der Waals surface area contributed by atoms with Crippen LogP contribution in [0.5, 0.6) is 0 Å². The lowest BCUT2D eigenvalue weighted by Gasteiger charge is -2.35. The quantitative estimate of drug-likeness (QED) is 0.639. The molecule has 2 fully saturated rings. The minimum atomic E-state index is -0.339. The first-order valence-electron chi connectivity index (χ1n) is 6.99. The lowest BCUT2D eigenvalue weighted by molar-refractivity contribution is -0.140. The first-order valence-corrected chi connectivity index (χ1v) is 6.99. The number of amides is 3. The Labute approximate surface area is 118 Å². The second kappa shape index (κ2) is 6.21. The van der Waals surface area contributed by atoms with E-state index in [0.717, 1.165) is 0 Å². The smallest absolute Gasteiger partial charge is 0.241 e. The molecular weight excluding hydrogens is 260 g/mol. The number of likely N-dealkylation sites (tertiary alicyclic amines) is 1. The van der Waals surface area contributed by atoms with Crippen LogP contribution in [0.25, 0.3) is 0 Å². The van der Waals surface area contributed by atoms with E-state index in [-0.39, 0.29) is 36.2 Å². The van der Waals surface area contributed by atoms with E-state index in [2.05, 4.69) is 10.6 Å². The third-order valence-corrected chi connectivity index (χ3v) is 3.91. The van der Waals surface area contributed by atoms with Gasteiger partial charge in [-0.3, -0.25) is 19.7 Å². The Morgan fingerprint density at radius 3 is 2.40 bits per heavy atom. The number of carbonyl (C=O) groups is 3. The van der Waals surface area contributed by atoms with Gasteiger partial charge in [0.1, 0.15) is 6.04 Å². The van der Waals surface area contributed by atoms with Crippen molar-refractivity contribution >= 4 is 17.7 Å². The van der Waals surface area contributed by atoms with E-state index in [0.29, 0.717) is 32.5 Å². The summed E-state index contributed by atoms with van der Waals surface area (Å²) in [6.07, 6.45) is 1.42. The van der Waals surface area contributed by atoms with E-state index in [1.54, 1.807) is 23.9 Å². The summed E-state index contributed by atoms with van der Waals surface area (Å²) in [5, 5.41) is 5.62. The zero-order valence-electron chi connectivity index (χ0n) is 12.0. The summed E-state index contributed by atoms with van der Waals surface area (Å²) in [6, 6.07) is -0.339. The monoisotopic (exact) mass is 282 g/mol. The Kier molecular flexibility index (Phi) is 4.59. The van der Waals surface area contributed by atoms with Crippen LogP contribution in [-0.4, -0.2) is 73.8 Å². The number of piperazine rings is 1. The fourth-order valence-electron chi connectivity index (χ4n) is 2.67. The van der Waals surface area contributed by atoms with Crippen LogP contribution in [0.2, 0.25) is 0 Å². The van der Waals surface area contributed by atoms with Crippen molar-refractivity contribution in [3.05, 3.63) is 0 Å². The van der Waals surface area contributed by atoms with Gasteiger partial charge in [-0.2, -0.15) is 0 Å². The average molecular weight is 282 g/mol. The van der Waals surface area contributed by atoms with E-state index in [4.69, 9.17) is 0 Å². The van der Waals surface area contributed by atoms with E-state index in [1.165, 1.54) is 0 Å². The SMILES string of the molecule is CN(C)C(=O)C1CCN(C(=O)C2CNC(=O)CN2)CC1. The number of piperidine rings is 1. The maximum atomic E-state index is 12.3. The maximum Gasteiger partial charge on any atom is 0.241 e. The number of hydrogen-bond acceptors (Lipinski definition) is 4. The Hall–Kier alpha value is -1.63. The molecule has 0 bridgehead atoms. The number of nitrogens with zero attached hydrogens (tertiary/aromatic N) is 2. The molecule has 2 aliphatic heterocycles. The molecule has 1 atom stereocenters. The van der Waals surface area contributed by atoms with Crippen LogP contribution in [0, 0.1) is 5.92 Å². The molecule has 0 aliphatic carbocycles. The van der Waals surface area contributed by atoms with Gasteiger partial charge >= 0.3 is 0 Å². The Balaban J connectivity index is 1.83. The zero-order valence-corrected chi connectivity index (χ0v) is 12.0. The third kappa shape index (κ3) is 3.27. The second-order valence-corrected chi connectivity index (χ2v) is 5.57. The van der Waals surface area contributed by atoms with Crippen LogP contribution in [0.3, 0.4) is 0 Å². The topological polar surface area (TPSA) is 81.8 Å². The molecule has 1 unspecified atom stereocenters. The molecule has 20 heavy (non-hydrogen) atoms. The molecule has 2 rings (SSSR count). The highest BCUT2D eigenvalue weighted by atomic mass is 16.2. The molecule has 3 amide bonds. The minimum Gasteiger partial charge on any atom is -0.353 e. The van der Waals surface area contributed by atoms with E-state index < -0.39 is 0 Å². The van der Waals surface area contributed by atoms with Crippen LogP contribution in [0.4, 0.5) is 0 Å². The zero-order chi connectivity index (χ0) is 14.7. The highest BCUT2D eigenvalue weighted by Crippen LogP contribution is 2.19. The third-order valence-electron chi connectivity index (χ3n) is 3.91. The van der Waals surface area contributed by atoms with Gasteiger partial charge in [0.25, 0.3) is 0 Å². The molecular formula is C13H22N4O3. The minimum absolute atomic E-state index is 0.0146. The van der Waals surface area contributed by atoms with Crippen molar-refractivity contribution in [3.8, 4) is 0 Å². The summed E-state index contributed by atoms with van der Waals surface area (Å²) in [7, 11) is 3.52. The molecule has 2 aliphatic rings. The number of carbonyl (C=O) groups excluding carboxylic acids is 3. The van der Waals surface area contributed by atoms with Crippen LogP contribution in [0.1, 0.15) is 12.8 Å². The molecule has 0 radical (unpaired) electrons. The van der Waals surface area contributed by atoms with Gasteiger partial charge in [0.05, 0.1) is 6.54 Å². The molecule has 2 saturated heterocycles. The normalized spacial score (nSPS) is 24.2. The molecule has 2 heterocycles. The summed E-state index contributed by atoms with van der Waals surface area (Å²) in [5.74, 6) is 0.0957. The Morgan fingerprint density at radius 1 is 1.25 bits per heavy atom. The molecule has 2 N–H and O–H groups in total. The van der Waals surface area contributed by atoms with Crippen LogP contribution in [0.15, 0.2) is 0 Å². The molecule has 0 aromatic rings.